The molecule has 0 heterocycles. The van der Waals surface area contributed by atoms with E-state index in [0.29, 0.717) is 25.7 Å². The molecule has 0 aromatic rings. The lowest BCUT2D eigenvalue weighted by molar-refractivity contribution is -0.138. The van der Waals surface area contributed by atoms with Crippen LogP contribution in [0.5, 0.6) is 0 Å². The third-order valence-electron chi connectivity index (χ3n) is 4.65. The minimum atomic E-state index is -3.40. The molecular formula is C14H25NO4S. The van der Waals surface area contributed by atoms with Crippen LogP contribution in [0.1, 0.15) is 70.6 Å². The standard InChI is InChI=1S/C14H25NO4S/c16-13(17)11-14(9-5-2-6-10-14)15-20(18,19)12-7-3-1-4-8-12/h12,15H,1-11H2,(H,16,17). The maximum atomic E-state index is 12.5. The molecular weight excluding hydrogens is 278 g/mol. The lowest BCUT2D eigenvalue weighted by atomic mass is 9.80. The first-order chi connectivity index (χ1) is 9.44. The molecule has 0 radical (unpaired) electrons. The number of hydrogen-bond acceptors (Lipinski definition) is 3. The Bertz CT molecular complexity index is 434. The van der Waals surface area contributed by atoms with Crippen LogP contribution in [-0.4, -0.2) is 30.3 Å². The van der Waals surface area contributed by atoms with Gasteiger partial charge in [-0.25, -0.2) is 13.1 Å². The summed E-state index contributed by atoms with van der Waals surface area (Å²) in [6, 6.07) is 0. The van der Waals surface area contributed by atoms with E-state index in [4.69, 9.17) is 5.11 Å². The summed E-state index contributed by atoms with van der Waals surface area (Å²) in [5.74, 6) is -0.918. The van der Waals surface area contributed by atoms with Crippen LogP contribution in [0.3, 0.4) is 0 Å². The van der Waals surface area contributed by atoms with Crippen LogP contribution < -0.4 is 4.72 Å². The SMILES string of the molecule is O=C(O)CC1(NS(=O)(=O)C2CCCCC2)CCCCC1. The molecule has 2 N–H and O–H groups in total. The van der Waals surface area contributed by atoms with E-state index in [-0.39, 0.29) is 11.7 Å². The maximum Gasteiger partial charge on any atom is 0.305 e. The van der Waals surface area contributed by atoms with Crippen molar-refractivity contribution in [2.24, 2.45) is 0 Å². The number of carboxylic acid groups (broad SMARTS) is 1. The zero-order chi connectivity index (χ0) is 14.6. The van der Waals surface area contributed by atoms with Crippen molar-refractivity contribution in [3.05, 3.63) is 0 Å². The molecule has 0 aromatic carbocycles. The molecule has 2 rings (SSSR count). The molecule has 0 amide bonds. The second kappa shape index (κ2) is 6.43. The van der Waals surface area contributed by atoms with Crippen molar-refractivity contribution in [2.75, 3.05) is 0 Å². The van der Waals surface area contributed by atoms with Crippen LogP contribution >= 0.6 is 0 Å². The third-order valence-corrected chi connectivity index (χ3v) is 6.72. The molecule has 6 heteroatoms. The van der Waals surface area contributed by atoms with Crippen molar-refractivity contribution in [3.8, 4) is 0 Å². The predicted molar refractivity (Wildman–Crippen MR) is 77.0 cm³/mol. The van der Waals surface area contributed by atoms with Crippen LogP contribution in [0.25, 0.3) is 0 Å². The normalized spacial score (nSPS) is 24.4. The summed E-state index contributed by atoms with van der Waals surface area (Å²) in [6.45, 7) is 0. The van der Waals surface area contributed by atoms with Crippen molar-refractivity contribution in [3.63, 3.8) is 0 Å². The van der Waals surface area contributed by atoms with Gasteiger partial charge in [0.25, 0.3) is 0 Å². The lowest BCUT2D eigenvalue weighted by Crippen LogP contribution is -2.53. The fourth-order valence-electron chi connectivity index (χ4n) is 3.59. The molecule has 2 aliphatic carbocycles. The first-order valence-corrected chi connectivity index (χ1v) is 9.23. The molecule has 0 unspecified atom stereocenters. The quantitative estimate of drug-likeness (QED) is 0.817. The molecule has 0 aromatic heterocycles. The van der Waals surface area contributed by atoms with Gasteiger partial charge >= 0.3 is 5.97 Å². The summed E-state index contributed by atoms with van der Waals surface area (Å²) in [7, 11) is -3.40. The fourth-order valence-corrected chi connectivity index (χ4v) is 5.59. The van der Waals surface area contributed by atoms with E-state index < -0.39 is 21.5 Å². The predicted octanol–water partition coefficient (Wildman–Crippen LogP) is 2.42. The van der Waals surface area contributed by atoms with E-state index in [1.807, 2.05) is 0 Å². The van der Waals surface area contributed by atoms with Gasteiger partial charge in [-0.1, -0.05) is 38.5 Å². The molecule has 5 nitrogen and oxygen atoms in total. The fraction of sp³-hybridized carbons (Fsp3) is 0.929. The van der Waals surface area contributed by atoms with Gasteiger partial charge in [0.05, 0.1) is 11.7 Å². The summed E-state index contributed by atoms with van der Waals surface area (Å²) < 4.78 is 27.9. The number of carboxylic acids is 1. The molecule has 2 saturated carbocycles. The second-order valence-corrected chi connectivity index (χ2v) is 8.28. The Morgan fingerprint density at radius 3 is 2.15 bits per heavy atom. The molecule has 20 heavy (non-hydrogen) atoms. The smallest absolute Gasteiger partial charge is 0.305 e. The molecule has 0 atom stereocenters. The van der Waals surface area contributed by atoms with Gasteiger partial charge in [0.1, 0.15) is 0 Å². The largest absolute Gasteiger partial charge is 0.481 e. The van der Waals surface area contributed by atoms with Crippen LogP contribution in [0, 0.1) is 0 Å². The van der Waals surface area contributed by atoms with Gasteiger partial charge in [0, 0.05) is 5.54 Å². The number of rotatable bonds is 5. The zero-order valence-electron chi connectivity index (χ0n) is 11.9. The number of aliphatic carboxylic acids is 1. The third kappa shape index (κ3) is 3.95. The van der Waals surface area contributed by atoms with Gasteiger partial charge in [-0.3, -0.25) is 4.79 Å². The van der Waals surface area contributed by atoms with E-state index in [2.05, 4.69) is 4.72 Å². The monoisotopic (exact) mass is 303 g/mol. The molecule has 0 spiro atoms. The Morgan fingerprint density at radius 1 is 1.05 bits per heavy atom. The van der Waals surface area contributed by atoms with Crippen LogP contribution in [0.15, 0.2) is 0 Å². The number of carbonyl (C=O) groups is 1. The van der Waals surface area contributed by atoms with Crippen molar-refractivity contribution >= 4 is 16.0 Å². The molecule has 2 aliphatic rings. The average Bonchev–Trinajstić information content (AvgIpc) is 2.39. The minimum Gasteiger partial charge on any atom is -0.481 e. The molecule has 0 saturated heterocycles. The Kier molecular flexibility index (Phi) is 5.07. The summed E-state index contributed by atoms with van der Waals surface area (Å²) in [6.07, 6.45) is 8.49. The zero-order valence-corrected chi connectivity index (χ0v) is 12.8. The highest BCUT2D eigenvalue weighted by Crippen LogP contribution is 2.33. The Hall–Kier alpha value is -0.620. The Morgan fingerprint density at radius 2 is 1.60 bits per heavy atom. The Labute approximate surface area is 121 Å². The second-order valence-electron chi connectivity index (χ2n) is 6.32. The van der Waals surface area contributed by atoms with E-state index in [1.165, 1.54) is 0 Å². The number of nitrogens with one attached hydrogen (secondary N) is 1. The van der Waals surface area contributed by atoms with Crippen molar-refractivity contribution in [1.29, 1.82) is 0 Å². The first kappa shape index (κ1) is 15.8. The van der Waals surface area contributed by atoms with Gasteiger partial charge in [0.2, 0.25) is 10.0 Å². The number of sulfonamides is 1. The molecule has 0 bridgehead atoms. The highest BCUT2D eigenvalue weighted by molar-refractivity contribution is 7.90. The van der Waals surface area contributed by atoms with Crippen LogP contribution in [0.4, 0.5) is 0 Å². The lowest BCUT2D eigenvalue weighted by Gasteiger charge is -2.38. The van der Waals surface area contributed by atoms with Gasteiger partial charge in [-0.2, -0.15) is 0 Å². The topological polar surface area (TPSA) is 83.5 Å². The van der Waals surface area contributed by atoms with Gasteiger partial charge in [-0.15, -0.1) is 0 Å². The van der Waals surface area contributed by atoms with Crippen LogP contribution in [-0.2, 0) is 14.8 Å². The van der Waals surface area contributed by atoms with Crippen LogP contribution in [0.2, 0.25) is 0 Å². The van der Waals surface area contributed by atoms with Crippen molar-refractivity contribution in [1.82, 2.24) is 4.72 Å². The van der Waals surface area contributed by atoms with Crippen molar-refractivity contribution < 1.29 is 18.3 Å². The number of hydrogen-bond donors (Lipinski definition) is 2. The van der Waals surface area contributed by atoms with E-state index in [1.54, 1.807) is 0 Å². The van der Waals surface area contributed by atoms with Gasteiger partial charge in [-0.05, 0) is 25.7 Å². The minimum absolute atomic E-state index is 0.0983. The summed E-state index contributed by atoms with van der Waals surface area (Å²) in [4.78, 5) is 11.1. The van der Waals surface area contributed by atoms with E-state index in [0.717, 1.165) is 38.5 Å². The molecule has 0 aliphatic heterocycles. The first-order valence-electron chi connectivity index (χ1n) is 7.68. The molecule has 2 fully saturated rings. The van der Waals surface area contributed by atoms with E-state index in [9.17, 15) is 13.2 Å². The maximum absolute atomic E-state index is 12.5. The highest BCUT2D eigenvalue weighted by atomic mass is 32.2. The van der Waals surface area contributed by atoms with Crippen molar-refractivity contribution in [2.45, 2.75) is 81.4 Å². The van der Waals surface area contributed by atoms with Gasteiger partial charge in [0.15, 0.2) is 0 Å². The summed E-state index contributed by atoms with van der Waals surface area (Å²) in [5.41, 5.74) is -0.750. The Balaban J connectivity index is 2.11. The average molecular weight is 303 g/mol. The highest BCUT2D eigenvalue weighted by Gasteiger charge is 2.40. The van der Waals surface area contributed by atoms with Gasteiger partial charge < -0.3 is 5.11 Å². The summed E-state index contributed by atoms with van der Waals surface area (Å²) in [5, 5.41) is 8.77. The summed E-state index contributed by atoms with van der Waals surface area (Å²) >= 11 is 0. The van der Waals surface area contributed by atoms with E-state index >= 15 is 0 Å². The molecule has 116 valence electrons.